The number of benzene rings is 2. The molecule has 0 heterocycles. The fraction of sp³-hybridized carbons (Fsp3) is 0.500. The van der Waals surface area contributed by atoms with E-state index in [1.54, 1.807) is 18.2 Å². The highest BCUT2D eigenvalue weighted by atomic mass is 32.2. The normalized spacial score (nSPS) is 17.5. The first kappa shape index (κ1) is 29.4. The van der Waals surface area contributed by atoms with Crippen LogP contribution in [0, 0.1) is 18.8 Å². The van der Waals surface area contributed by atoms with Gasteiger partial charge in [-0.3, -0.25) is 9.59 Å². The van der Waals surface area contributed by atoms with Crippen LogP contribution in [-0.2, 0) is 27.5 Å². The first-order valence-electron chi connectivity index (χ1n) is 12.5. The van der Waals surface area contributed by atoms with Gasteiger partial charge in [0, 0.05) is 18.2 Å². The van der Waals surface area contributed by atoms with Gasteiger partial charge in [-0.15, -0.1) is 0 Å². The highest BCUT2D eigenvalue weighted by Crippen LogP contribution is 2.30. The molecule has 8 heteroatoms. The van der Waals surface area contributed by atoms with Gasteiger partial charge in [-0.1, -0.05) is 49.2 Å². The number of rotatable bonds is 10. The van der Waals surface area contributed by atoms with Crippen molar-refractivity contribution in [3.63, 3.8) is 0 Å². The molecule has 0 radical (unpaired) electrons. The van der Waals surface area contributed by atoms with Crippen LogP contribution in [0.5, 0.6) is 5.75 Å². The molecule has 0 unspecified atom stereocenters. The van der Waals surface area contributed by atoms with Gasteiger partial charge in [-0.05, 0) is 68.2 Å². The van der Waals surface area contributed by atoms with Gasteiger partial charge in [-0.25, -0.2) is 8.42 Å². The third kappa shape index (κ3) is 10.4. The Labute approximate surface area is 215 Å². The number of carbonyl (C=O) groups is 2. The number of carbonyl (C=O) groups excluding carboxylic acids is 1. The van der Waals surface area contributed by atoms with E-state index in [-0.39, 0.29) is 11.7 Å². The molecule has 3 N–H and O–H groups in total. The van der Waals surface area contributed by atoms with Crippen molar-refractivity contribution in [2.24, 2.45) is 17.6 Å². The molecule has 0 bridgehead atoms. The quantitative estimate of drug-likeness (QED) is 0.475. The summed E-state index contributed by atoms with van der Waals surface area (Å²) in [7, 11) is -3.08. The lowest BCUT2D eigenvalue weighted by Gasteiger charge is -2.24. The maximum atomic E-state index is 11.4. The van der Waals surface area contributed by atoms with Crippen LogP contribution in [0.25, 0.3) is 0 Å². The molecule has 1 aliphatic carbocycles. The fourth-order valence-electron chi connectivity index (χ4n) is 4.31. The third-order valence-corrected chi connectivity index (χ3v) is 7.54. The molecule has 7 nitrogen and oxygen atoms in total. The summed E-state index contributed by atoms with van der Waals surface area (Å²) in [5.74, 6) is 0.144. The number of aliphatic carboxylic acids is 1. The monoisotopic (exact) mass is 517 g/mol. The molecule has 1 aliphatic rings. The third-order valence-electron chi connectivity index (χ3n) is 6.60. The Kier molecular flexibility index (Phi) is 11.4. The van der Waals surface area contributed by atoms with Crippen molar-refractivity contribution in [2.75, 3.05) is 18.6 Å². The number of carboxylic acids is 1. The maximum Gasteiger partial charge on any atom is 0.306 e. The van der Waals surface area contributed by atoms with Gasteiger partial charge in [0.2, 0.25) is 5.91 Å². The molecule has 1 fully saturated rings. The average Bonchev–Trinajstić information content (AvgIpc) is 2.83. The number of nitrogens with two attached hydrogens (primary N) is 1. The topological polar surface area (TPSA) is 124 Å². The molecule has 2 aromatic carbocycles. The first-order valence-corrected chi connectivity index (χ1v) is 14.6. The molecule has 0 spiro atoms. The lowest BCUT2D eigenvalue weighted by atomic mass is 9.81. The minimum Gasteiger partial charge on any atom is -0.493 e. The highest BCUT2D eigenvalue weighted by molar-refractivity contribution is 7.90. The van der Waals surface area contributed by atoms with Crippen LogP contribution < -0.4 is 10.5 Å². The number of primary amides is 1. The van der Waals surface area contributed by atoms with E-state index < -0.39 is 21.7 Å². The van der Waals surface area contributed by atoms with Crippen LogP contribution in [0.15, 0.2) is 42.5 Å². The van der Waals surface area contributed by atoms with Gasteiger partial charge < -0.3 is 15.6 Å². The molecule has 3 rings (SSSR count). The van der Waals surface area contributed by atoms with Crippen molar-refractivity contribution < 1.29 is 27.9 Å². The van der Waals surface area contributed by atoms with Gasteiger partial charge in [0.05, 0.1) is 18.3 Å². The number of carboxylic acid groups (broad SMARTS) is 1. The van der Waals surface area contributed by atoms with Crippen LogP contribution in [0.2, 0.25) is 0 Å². The zero-order valence-electron chi connectivity index (χ0n) is 21.5. The van der Waals surface area contributed by atoms with Gasteiger partial charge in [0.25, 0.3) is 0 Å². The molecule has 1 amide bonds. The van der Waals surface area contributed by atoms with Crippen molar-refractivity contribution in [1.82, 2.24) is 0 Å². The predicted octanol–water partition coefficient (Wildman–Crippen LogP) is 4.59. The summed E-state index contributed by atoms with van der Waals surface area (Å²) in [6, 6.07) is 13.0. The number of hydrogen-bond donors (Lipinski definition) is 2. The Hall–Kier alpha value is -2.87. The zero-order valence-corrected chi connectivity index (χ0v) is 22.4. The van der Waals surface area contributed by atoms with E-state index in [1.165, 1.54) is 18.2 Å². The molecule has 2 aromatic rings. The Bertz CT molecular complexity index is 1120. The number of amides is 1. The van der Waals surface area contributed by atoms with Gasteiger partial charge in [0.15, 0.2) is 0 Å². The van der Waals surface area contributed by atoms with Crippen molar-refractivity contribution in [3.8, 4) is 5.75 Å². The Balaban J connectivity index is 0.000000346. The van der Waals surface area contributed by atoms with E-state index >= 15 is 0 Å². The van der Waals surface area contributed by atoms with Crippen molar-refractivity contribution in [3.05, 3.63) is 64.7 Å². The Morgan fingerprint density at radius 3 is 2.31 bits per heavy atom. The van der Waals surface area contributed by atoms with Gasteiger partial charge in [0.1, 0.15) is 15.6 Å². The van der Waals surface area contributed by atoms with Crippen LogP contribution in [0.1, 0.15) is 66.1 Å². The minimum atomic E-state index is -3.08. The van der Waals surface area contributed by atoms with Crippen LogP contribution in [0.3, 0.4) is 0 Å². The van der Waals surface area contributed by atoms with E-state index in [0.717, 1.165) is 42.7 Å². The molecule has 0 aromatic heterocycles. The molecule has 0 saturated heterocycles. The smallest absolute Gasteiger partial charge is 0.306 e. The Morgan fingerprint density at radius 1 is 1.06 bits per heavy atom. The van der Waals surface area contributed by atoms with Crippen molar-refractivity contribution in [1.29, 1.82) is 0 Å². The van der Waals surface area contributed by atoms with Gasteiger partial charge in [-0.2, -0.15) is 0 Å². The molecule has 0 aliphatic heterocycles. The summed E-state index contributed by atoms with van der Waals surface area (Å²) in [6.07, 6.45) is 7.49. The van der Waals surface area contributed by atoms with Crippen molar-refractivity contribution in [2.45, 2.75) is 58.8 Å². The second-order valence-corrected chi connectivity index (χ2v) is 11.9. The molecular weight excluding hydrogens is 478 g/mol. The molecule has 36 heavy (non-hydrogen) atoms. The summed E-state index contributed by atoms with van der Waals surface area (Å²) in [5, 5.41) is 8.70. The lowest BCUT2D eigenvalue weighted by molar-refractivity contribution is -0.143. The Morgan fingerprint density at radius 2 is 1.75 bits per heavy atom. The lowest BCUT2D eigenvalue weighted by Crippen LogP contribution is -2.20. The minimum absolute atomic E-state index is 0.0250. The predicted molar refractivity (Wildman–Crippen MR) is 142 cm³/mol. The summed E-state index contributed by atoms with van der Waals surface area (Å²) in [5.41, 5.74) is 8.75. The standard InChI is InChI=1S/C19H23NO4S.C9H16O2/c1-14-4-3-5-15(12-14)8-10-24-18-13-17(19(20)21)7-6-16(18)9-11-25(2,22)23;1-2-7-3-5-8(6-4-7)9(10)11/h3-7,12-13H,8-11H2,1-2H3,(H2,20,21);7-8H,2-6H2,1H3,(H,10,11). The van der Waals surface area contributed by atoms with Crippen LogP contribution in [-0.4, -0.2) is 44.0 Å². The van der Waals surface area contributed by atoms with Crippen LogP contribution in [0.4, 0.5) is 0 Å². The first-order chi connectivity index (χ1) is 17.0. The summed E-state index contributed by atoms with van der Waals surface area (Å²) in [6.45, 7) is 4.65. The second kappa shape index (κ2) is 14.0. The zero-order chi connectivity index (χ0) is 26.7. The maximum absolute atomic E-state index is 11.4. The van der Waals surface area contributed by atoms with E-state index in [2.05, 4.69) is 13.0 Å². The van der Waals surface area contributed by atoms with E-state index in [9.17, 15) is 18.0 Å². The van der Waals surface area contributed by atoms with E-state index in [1.807, 2.05) is 25.1 Å². The SMILES string of the molecule is CCC1CCC(C(=O)O)CC1.Cc1cccc(CCOc2cc(C(N)=O)ccc2CCS(C)(=O)=O)c1. The second-order valence-electron chi connectivity index (χ2n) is 9.62. The average molecular weight is 518 g/mol. The molecule has 198 valence electrons. The summed E-state index contributed by atoms with van der Waals surface area (Å²) in [4.78, 5) is 21.9. The van der Waals surface area contributed by atoms with Gasteiger partial charge >= 0.3 is 5.97 Å². The number of ether oxygens (including phenoxy) is 1. The highest BCUT2D eigenvalue weighted by Gasteiger charge is 2.24. The fourth-order valence-corrected chi connectivity index (χ4v) is 4.90. The largest absolute Gasteiger partial charge is 0.493 e. The van der Waals surface area contributed by atoms with Crippen molar-refractivity contribution >= 4 is 21.7 Å². The number of sulfone groups is 1. The summed E-state index contributed by atoms with van der Waals surface area (Å²) >= 11 is 0. The van der Waals surface area contributed by atoms with E-state index in [4.69, 9.17) is 15.6 Å². The molecule has 1 saturated carbocycles. The summed E-state index contributed by atoms with van der Waals surface area (Å²) < 4.78 is 28.6. The number of aryl methyl sites for hydroxylation is 2. The van der Waals surface area contributed by atoms with E-state index in [0.29, 0.717) is 30.8 Å². The molecular formula is C28H39NO6S. The number of hydrogen-bond acceptors (Lipinski definition) is 5. The van der Waals surface area contributed by atoms with Crippen LogP contribution >= 0.6 is 0 Å². The molecule has 0 atom stereocenters.